The van der Waals surface area contributed by atoms with Gasteiger partial charge in [0.05, 0.1) is 31.6 Å². The van der Waals surface area contributed by atoms with Crippen molar-refractivity contribution in [1.82, 2.24) is 9.80 Å². The van der Waals surface area contributed by atoms with Crippen molar-refractivity contribution in [3.63, 3.8) is 0 Å². The van der Waals surface area contributed by atoms with Gasteiger partial charge in [0, 0.05) is 26.6 Å². The lowest BCUT2D eigenvalue weighted by Crippen LogP contribution is -2.45. The third-order valence-electron chi connectivity index (χ3n) is 5.87. The summed E-state index contributed by atoms with van der Waals surface area (Å²) >= 11 is 14.0. The number of benzene rings is 1. The molecule has 198 valence electrons. The number of halogens is 4. The number of rotatable bonds is 10. The maximum Gasteiger partial charge on any atom is 0.271 e. The average Bonchev–Trinajstić information content (AvgIpc) is 3.24. The van der Waals surface area contributed by atoms with Crippen molar-refractivity contribution in [2.75, 3.05) is 47.9 Å². The van der Waals surface area contributed by atoms with Crippen LogP contribution in [-0.4, -0.2) is 86.2 Å². The summed E-state index contributed by atoms with van der Waals surface area (Å²) in [5, 5.41) is 14.8. The number of amides is 1. The van der Waals surface area contributed by atoms with Gasteiger partial charge in [0.15, 0.2) is 5.60 Å². The standard InChI is InChI=1S/C24H29Br4N3O5/c1-30(2)7-5-9-35-20-15(25)10-14(11-16(20)26)6-8-31(3)23(33)18-13-24(36-29-18)12-17(27)21(34-4)19(28)22(24)32/h10-12,22,32H,5-9,13H2,1-4H3/t22-,24+/m1/s1. The molecular weight excluding hydrogens is 730 g/mol. The molecular formula is C24H29Br4N3O5. The summed E-state index contributed by atoms with van der Waals surface area (Å²) in [6.07, 6.45) is 2.32. The molecule has 0 bridgehead atoms. The van der Waals surface area contributed by atoms with Crippen LogP contribution in [0.15, 0.2) is 47.0 Å². The van der Waals surface area contributed by atoms with E-state index >= 15 is 0 Å². The van der Waals surface area contributed by atoms with Gasteiger partial charge < -0.3 is 29.2 Å². The normalized spacial score (nSPS) is 21.4. The fraction of sp³-hybridized carbons (Fsp3) is 0.500. The lowest BCUT2D eigenvalue weighted by atomic mass is 9.86. The van der Waals surface area contributed by atoms with Crippen LogP contribution in [0.25, 0.3) is 0 Å². The molecule has 12 heteroatoms. The molecule has 1 aliphatic carbocycles. The number of hydrogen-bond acceptors (Lipinski definition) is 7. The first-order valence-corrected chi connectivity index (χ1v) is 14.4. The van der Waals surface area contributed by atoms with Crippen molar-refractivity contribution in [1.29, 1.82) is 0 Å². The highest BCUT2D eigenvalue weighted by atomic mass is 79.9. The number of aliphatic hydroxyl groups is 1. The number of oxime groups is 1. The molecule has 0 radical (unpaired) electrons. The van der Waals surface area contributed by atoms with Gasteiger partial charge in [0.2, 0.25) is 0 Å². The minimum absolute atomic E-state index is 0.134. The van der Waals surface area contributed by atoms with Gasteiger partial charge in [-0.25, -0.2) is 0 Å². The van der Waals surface area contributed by atoms with Gasteiger partial charge in [-0.1, -0.05) is 5.16 Å². The number of methoxy groups -OCH3 is 1. The van der Waals surface area contributed by atoms with Gasteiger partial charge in [0.25, 0.3) is 5.91 Å². The smallest absolute Gasteiger partial charge is 0.271 e. The molecule has 0 saturated carbocycles. The second-order valence-corrected chi connectivity index (χ2v) is 12.3. The summed E-state index contributed by atoms with van der Waals surface area (Å²) in [5.41, 5.74) is 0.118. The maximum absolute atomic E-state index is 13.1. The zero-order valence-electron chi connectivity index (χ0n) is 20.5. The van der Waals surface area contributed by atoms with Gasteiger partial charge in [-0.05, 0) is 114 Å². The van der Waals surface area contributed by atoms with E-state index < -0.39 is 11.7 Å². The Hall–Kier alpha value is -0.920. The molecule has 3 rings (SSSR count). The molecule has 2 atom stereocenters. The Labute approximate surface area is 245 Å². The van der Waals surface area contributed by atoms with E-state index in [2.05, 4.69) is 73.8 Å². The number of carbonyl (C=O) groups excluding carboxylic acids is 1. The Morgan fingerprint density at radius 2 is 1.86 bits per heavy atom. The van der Waals surface area contributed by atoms with Crippen LogP contribution < -0.4 is 4.74 Å². The van der Waals surface area contributed by atoms with Gasteiger partial charge >= 0.3 is 0 Å². The lowest BCUT2D eigenvalue weighted by molar-refractivity contribution is -0.123. The third-order valence-corrected chi connectivity index (χ3v) is 8.43. The van der Waals surface area contributed by atoms with Crippen molar-refractivity contribution in [2.24, 2.45) is 5.16 Å². The zero-order chi connectivity index (χ0) is 26.6. The van der Waals surface area contributed by atoms with Crippen molar-refractivity contribution in [3.8, 4) is 5.75 Å². The summed E-state index contributed by atoms with van der Waals surface area (Å²) < 4.78 is 14.0. The second kappa shape index (κ2) is 12.8. The molecule has 1 aromatic carbocycles. The number of likely N-dealkylation sites (N-methyl/N-ethyl adjacent to an activating group) is 1. The highest BCUT2D eigenvalue weighted by Gasteiger charge is 2.50. The summed E-state index contributed by atoms with van der Waals surface area (Å²) in [6.45, 7) is 2.06. The van der Waals surface area contributed by atoms with Gasteiger partial charge in [-0.15, -0.1) is 0 Å². The molecule has 1 N–H and O–H groups in total. The van der Waals surface area contributed by atoms with Crippen LogP contribution in [0.5, 0.6) is 5.75 Å². The zero-order valence-corrected chi connectivity index (χ0v) is 26.8. The number of ether oxygens (including phenoxy) is 2. The number of allylic oxidation sites excluding steroid dienone is 1. The molecule has 1 aliphatic heterocycles. The van der Waals surface area contributed by atoms with Crippen molar-refractivity contribution >= 4 is 75.3 Å². The molecule has 1 aromatic rings. The Morgan fingerprint density at radius 3 is 2.47 bits per heavy atom. The molecule has 2 aliphatic rings. The number of nitrogens with zero attached hydrogens (tertiary/aromatic N) is 3. The molecule has 1 amide bonds. The Morgan fingerprint density at radius 1 is 1.19 bits per heavy atom. The summed E-state index contributed by atoms with van der Waals surface area (Å²) in [7, 11) is 7.31. The molecule has 0 fully saturated rings. The minimum atomic E-state index is -1.18. The van der Waals surface area contributed by atoms with Crippen molar-refractivity contribution in [2.45, 2.75) is 31.0 Å². The number of hydrogen-bond donors (Lipinski definition) is 1. The summed E-state index contributed by atoms with van der Waals surface area (Å²) in [4.78, 5) is 22.4. The van der Waals surface area contributed by atoms with Crippen LogP contribution in [0.3, 0.4) is 0 Å². The molecule has 8 nitrogen and oxygen atoms in total. The van der Waals surface area contributed by atoms with E-state index in [1.807, 2.05) is 26.2 Å². The largest absolute Gasteiger partial charge is 0.495 e. The van der Waals surface area contributed by atoms with Gasteiger partial charge in [-0.3, -0.25) is 4.79 Å². The highest BCUT2D eigenvalue weighted by molar-refractivity contribution is 9.12. The Balaban J connectivity index is 1.58. The Bertz CT molecular complexity index is 1070. The monoisotopic (exact) mass is 755 g/mol. The van der Waals surface area contributed by atoms with E-state index in [1.165, 1.54) is 7.11 Å². The molecule has 0 unspecified atom stereocenters. The molecule has 0 aromatic heterocycles. The first kappa shape index (κ1) is 29.6. The summed E-state index contributed by atoms with van der Waals surface area (Å²) in [5.74, 6) is 0.989. The predicted octanol–water partition coefficient (Wildman–Crippen LogP) is 4.96. The number of aliphatic hydroxyl groups excluding tert-OH is 1. The van der Waals surface area contributed by atoms with Crippen LogP contribution >= 0.6 is 63.7 Å². The van der Waals surface area contributed by atoms with Crippen molar-refractivity contribution in [3.05, 3.63) is 47.4 Å². The second-order valence-electron chi connectivity index (χ2n) is 8.91. The molecule has 1 heterocycles. The van der Waals surface area contributed by atoms with Crippen molar-refractivity contribution < 1.29 is 24.2 Å². The minimum Gasteiger partial charge on any atom is -0.495 e. The van der Waals surface area contributed by atoms with Crippen LogP contribution in [0.2, 0.25) is 0 Å². The maximum atomic E-state index is 13.1. The van der Waals surface area contributed by atoms with E-state index in [-0.39, 0.29) is 18.0 Å². The highest BCUT2D eigenvalue weighted by Crippen LogP contribution is 2.44. The van der Waals surface area contributed by atoms with E-state index in [9.17, 15) is 9.90 Å². The average molecular weight is 759 g/mol. The van der Waals surface area contributed by atoms with Crippen LogP contribution in [0.1, 0.15) is 18.4 Å². The SMILES string of the molecule is COC1=C(Br)[C@@H](O)[C@]2(C=C1Br)CC(C(=O)N(C)CCc1cc(Br)c(OCCCN(C)C)c(Br)c1)=NO2. The lowest BCUT2D eigenvalue weighted by Gasteiger charge is -2.33. The first-order chi connectivity index (χ1) is 17.0. The van der Waals surface area contributed by atoms with E-state index in [0.29, 0.717) is 34.3 Å². The van der Waals surface area contributed by atoms with E-state index in [4.69, 9.17) is 14.3 Å². The van der Waals surface area contributed by atoms with Crippen LogP contribution in [0, 0.1) is 0 Å². The molecule has 36 heavy (non-hydrogen) atoms. The fourth-order valence-electron chi connectivity index (χ4n) is 3.88. The first-order valence-electron chi connectivity index (χ1n) is 11.3. The topological polar surface area (TPSA) is 83.8 Å². The molecule has 0 saturated heterocycles. The van der Waals surface area contributed by atoms with Gasteiger partial charge in [-0.2, -0.15) is 0 Å². The summed E-state index contributed by atoms with van der Waals surface area (Å²) in [6, 6.07) is 4.01. The van der Waals surface area contributed by atoms with Crippen LogP contribution in [0.4, 0.5) is 0 Å². The van der Waals surface area contributed by atoms with E-state index in [0.717, 1.165) is 33.2 Å². The molecule has 1 spiro atoms. The van der Waals surface area contributed by atoms with E-state index in [1.54, 1.807) is 18.0 Å². The third kappa shape index (κ3) is 6.74. The van der Waals surface area contributed by atoms with Gasteiger partial charge in [0.1, 0.15) is 23.3 Å². The predicted molar refractivity (Wildman–Crippen MR) is 154 cm³/mol. The quantitative estimate of drug-likeness (QED) is 0.340. The Kier molecular flexibility index (Phi) is 10.5. The fourth-order valence-corrected chi connectivity index (χ4v) is 7.18. The number of carbonyl (C=O) groups is 1. The van der Waals surface area contributed by atoms with Crippen LogP contribution in [-0.2, 0) is 20.8 Å².